The Bertz CT molecular complexity index is 343. The average Bonchev–Trinajstić information content (AvgIpc) is 2.72. The summed E-state index contributed by atoms with van der Waals surface area (Å²) < 4.78 is 6.90. The third-order valence-electron chi connectivity index (χ3n) is 1.97. The van der Waals surface area contributed by atoms with Gasteiger partial charge in [0.1, 0.15) is 0 Å². The molecule has 1 rings (SSSR count). The lowest BCUT2D eigenvalue weighted by Crippen LogP contribution is -2.11. The number of aromatic nitrogens is 2. The fourth-order valence-electron chi connectivity index (χ4n) is 1.18. The molecule has 2 N–H and O–H groups in total. The molecule has 1 aromatic heterocycles. The Morgan fingerprint density at radius 2 is 2.50 bits per heavy atom. The fourth-order valence-corrected chi connectivity index (χ4v) is 1.18. The van der Waals surface area contributed by atoms with Crippen LogP contribution in [-0.2, 0) is 11.3 Å². The van der Waals surface area contributed by atoms with Gasteiger partial charge in [0.05, 0.1) is 44.3 Å². The van der Waals surface area contributed by atoms with Gasteiger partial charge in [0, 0.05) is 6.20 Å². The zero-order chi connectivity index (χ0) is 11.8. The topological polar surface area (TPSA) is 59.3 Å². The van der Waals surface area contributed by atoms with Crippen molar-refractivity contribution in [2.45, 2.75) is 19.5 Å². The largest absolute Gasteiger partial charge is 0.394 e. The molecule has 0 saturated heterocycles. The lowest BCUT2D eigenvalue weighted by Gasteiger charge is -2.05. The van der Waals surface area contributed by atoms with Crippen LogP contribution in [-0.4, -0.2) is 40.7 Å². The Balaban J connectivity index is 2.31. The quantitative estimate of drug-likeness (QED) is 0.516. The highest BCUT2D eigenvalue weighted by Gasteiger charge is 2.00. The van der Waals surface area contributed by atoms with Crippen LogP contribution in [0.4, 0.5) is 5.69 Å². The van der Waals surface area contributed by atoms with E-state index in [2.05, 4.69) is 16.3 Å². The summed E-state index contributed by atoms with van der Waals surface area (Å²) in [6.45, 7) is 3.51. The molecule has 0 aromatic carbocycles. The van der Waals surface area contributed by atoms with Gasteiger partial charge in [-0.2, -0.15) is 5.10 Å². The predicted octanol–water partition coefficient (Wildman–Crippen LogP) is 0.326. The summed E-state index contributed by atoms with van der Waals surface area (Å²) in [4.78, 5) is 0. The molecule has 0 bridgehead atoms. The van der Waals surface area contributed by atoms with E-state index in [1.807, 2.05) is 13.1 Å². The van der Waals surface area contributed by atoms with Gasteiger partial charge in [-0.25, -0.2) is 0 Å². The minimum absolute atomic E-state index is 0.0108. The van der Waals surface area contributed by atoms with Gasteiger partial charge < -0.3 is 15.2 Å². The van der Waals surface area contributed by atoms with Crippen LogP contribution in [0.25, 0.3) is 0 Å². The Kier molecular flexibility index (Phi) is 5.40. The Labute approximate surface area is 95.4 Å². The van der Waals surface area contributed by atoms with Crippen molar-refractivity contribution in [2.75, 3.05) is 25.1 Å². The van der Waals surface area contributed by atoms with E-state index in [1.54, 1.807) is 10.9 Å². The van der Waals surface area contributed by atoms with Gasteiger partial charge in [-0.15, -0.1) is 6.42 Å². The van der Waals surface area contributed by atoms with Crippen LogP contribution >= 0.6 is 0 Å². The summed E-state index contributed by atoms with van der Waals surface area (Å²) in [5.74, 6) is 2.58. The number of aliphatic hydroxyl groups excluding tert-OH is 1. The number of nitrogens with one attached hydrogen (secondary N) is 1. The highest BCUT2D eigenvalue weighted by molar-refractivity contribution is 5.41. The van der Waals surface area contributed by atoms with E-state index in [0.717, 1.165) is 5.69 Å². The number of hydrogen-bond donors (Lipinski definition) is 2. The zero-order valence-electron chi connectivity index (χ0n) is 9.39. The minimum Gasteiger partial charge on any atom is -0.394 e. The van der Waals surface area contributed by atoms with Crippen LogP contribution in [0.1, 0.15) is 6.92 Å². The van der Waals surface area contributed by atoms with Gasteiger partial charge >= 0.3 is 0 Å². The Hall–Kier alpha value is -1.51. The van der Waals surface area contributed by atoms with E-state index < -0.39 is 0 Å². The maximum Gasteiger partial charge on any atom is 0.0846 e. The first-order valence-electron chi connectivity index (χ1n) is 5.20. The van der Waals surface area contributed by atoms with E-state index in [0.29, 0.717) is 19.8 Å². The van der Waals surface area contributed by atoms with Gasteiger partial charge in [-0.05, 0) is 6.92 Å². The van der Waals surface area contributed by atoms with E-state index in [1.165, 1.54) is 0 Å². The number of aliphatic hydroxyl groups is 1. The zero-order valence-corrected chi connectivity index (χ0v) is 9.39. The molecule has 16 heavy (non-hydrogen) atoms. The molecule has 1 unspecified atom stereocenters. The number of terminal acetylenes is 1. The second-order valence-corrected chi connectivity index (χ2v) is 3.36. The normalized spacial score (nSPS) is 12.1. The summed E-state index contributed by atoms with van der Waals surface area (Å²) in [5, 5.41) is 15.8. The number of ether oxygens (including phenoxy) is 1. The SMILES string of the molecule is C#CC(C)Nc1cnn(CCOCCO)c1. The Morgan fingerprint density at radius 3 is 3.19 bits per heavy atom. The van der Waals surface area contributed by atoms with Crippen molar-refractivity contribution in [3.8, 4) is 12.3 Å². The molecule has 0 aliphatic heterocycles. The maximum absolute atomic E-state index is 8.52. The molecule has 0 spiro atoms. The van der Waals surface area contributed by atoms with Crippen molar-refractivity contribution in [1.82, 2.24) is 9.78 Å². The predicted molar refractivity (Wildman–Crippen MR) is 62.0 cm³/mol. The van der Waals surface area contributed by atoms with E-state index in [4.69, 9.17) is 16.3 Å². The second-order valence-electron chi connectivity index (χ2n) is 3.36. The standard InChI is InChI=1S/C11H17N3O2/c1-3-10(2)13-11-8-12-14(9-11)4-6-16-7-5-15/h1,8-10,13,15H,4-7H2,2H3. The third-order valence-corrected chi connectivity index (χ3v) is 1.97. The summed E-state index contributed by atoms with van der Waals surface area (Å²) in [7, 11) is 0. The smallest absolute Gasteiger partial charge is 0.0846 e. The molecular weight excluding hydrogens is 206 g/mol. The molecular formula is C11H17N3O2. The third kappa shape index (κ3) is 4.34. The molecule has 5 nitrogen and oxygen atoms in total. The maximum atomic E-state index is 8.52. The number of nitrogens with zero attached hydrogens (tertiary/aromatic N) is 2. The van der Waals surface area contributed by atoms with Gasteiger partial charge in [0.25, 0.3) is 0 Å². The molecule has 1 aromatic rings. The molecule has 1 heterocycles. The van der Waals surface area contributed by atoms with Crippen LogP contribution in [0.2, 0.25) is 0 Å². The van der Waals surface area contributed by atoms with Gasteiger partial charge in [-0.1, -0.05) is 5.92 Å². The van der Waals surface area contributed by atoms with Crippen LogP contribution in [0.5, 0.6) is 0 Å². The first-order chi connectivity index (χ1) is 7.76. The van der Waals surface area contributed by atoms with E-state index in [-0.39, 0.29) is 12.6 Å². The first kappa shape index (κ1) is 12.6. The van der Waals surface area contributed by atoms with Crippen LogP contribution < -0.4 is 5.32 Å². The van der Waals surface area contributed by atoms with E-state index >= 15 is 0 Å². The lowest BCUT2D eigenvalue weighted by molar-refractivity contribution is 0.0854. The molecule has 1 atom stereocenters. The monoisotopic (exact) mass is 223 g/mol. The summed E-state index contributed by atoms with van der Waals surface area (Å²) in [5.41, 5.74) is 0.896. The molecule has 0 saturated carbocycles. The van der Waals surface area contributed by atoms with Crippen molar-refractivity contribution in [3.05, 3.63) is 12.4 Å². The van der Waals surface area contributed by atoms with Crippen molar-refractivity contribution in [1.29, 1.82) is 0 Å². The summed E-state index contributed by atoms with van der Waals surface area (Å²) in [6.07, 6.45) is 8.85. The van der Waals surface area contributed by atoms with Crippen molar-refractivity contribution in [2.24, 2.45) is 0 Å². The first-order valence-corrected chi connectivity index (χ1v) is 5.20. The second kappa shape index (κ2) is 6.88. The fraction of sp³-hybridized carbons (Fsp3) is 0.545. The molecule has 0 aliphatic carbocycles. The van der Waals surface area contributed by atoms with Crippen LogP contribution in [0.15, 0.2) is 12.4 Å². The summed E-state index contributed by atoms with van der Waals surface area (Å²) >= 11 is 0. The molecule has 0 fully saturated rings. The molecule has 0 radical (unpaired) electrons. The number of hydrogen-bond acceptors (Lipinski definition) is 4. The van der Waals surface area contributed by atoms with Gasteiger partial charge in [0.2, 0.25) is 0 Å². The van der Waals surface area contributed by atoms with Gasteiger partial charge in [0.15, 0.2) is 0 Å². The van der Waals surface area contributed by atoms with Crippen molar-refractivity contribution in [3.63, 3.8) is 0 Å². The number of rotatable bonds is 7. The highest BCUT2D eigenvalue weighted by Crippen LogP contribution is 2.06. The van der Waals surface area contributed by atoms with Crippen molar-refractivity contribution >= 4 is 5.69 Å². The minimum atomic E-state index is -0.0108. The molecule has 0 aliphatic rings. The van der Waals surface area contributed by atoms with E-state index in [9.17, 15) is 0 Å². The molecule has 0 amide bonds. The summed E-state index contributed by atoms with van der Waals surface area (Å²) in [6, 6.07) is -0.0108. The number of anilines is 1. The van der Waals surface area contributed by atoms with Crippen molar-refractivity contribution < 1.29 is 9.84 Å². The van der Waals surface area contributed by atoms with Crippen LogP contribution in [0.3, 0.4) is 0 Å². The lowest BCUT2D eigenvalue weighted by atomic mass is 10.3. The molecule has 88 valence electrons. The average molecular weight is 223 g/mol. The van der Waals surface area contributed by atoms with Crippen LogP contribution in [0, 0.1) is 12.3 Å². The highest BCUT2D eigenvalue weighted by atomic mass is 16.5. The van der Waals surface area contributed by atoms with Gasteiger partial charge in [-0.3, -0.25) is 4.68 Å². The Morgan fingerprint density at radius 1 is 1.69 bits per heavy atom. The molecule has 5 heteroatoms.